The van der Waals surface area contributed by atoms with E-state index < -0.39 is 11.3 Å². The molecule has 0 spiro atoms. The standard InChI is InChI=1S/C6H7ClO2/c1-3-5(7)4(2)6(8)9/h3,5H,1-2H2,(H,8,9). The van der Waals surface area contributed by atoms with Crippen molar-refractivity contribution in [1.29, 1.82) is 0 Å². The first-order valence-electron chi connectivity index (χ1n) is 2.28. The number of halogens is 1. The molecule has 0 aliphatic rings. The molecule has 50 valence electrons. The normalized spacial score (nSPS) is 12.1. The molecule has 0 fully saturated rings. The first-order chi connectivity index (χ1) is 4.09. The monoisotopic (exact) mass is 146 g/mol. The van der Waals surface area contributed by atoms with E-state index in [1.54, 1.807) is 0 Å². The predicted molar refractivity (Wildman–Crippen MR) is 36.6 cm³/mol. The lowest BCUT2D eigenvalue weighted by molar-refractivity contribution is -0.132. The summed E-state index contributed by atoms with van der Waals surface area (Å²) < 4.78 is 0. The van der Waals surface area contributed by atoms with Crippen LogP contribution in [0.4, 0.5) is 0 Å². The number of hydrogen-bond donors (Lipinski definition) is 1. The van der Waals surface area contributed by atoms with Crippen LogP contribution in [0.3, 0.4) is 0 Å². The fourth-order valence-electron chi connectivity index (χ4n) is 0.260. The fourth-order valence-corrected chi connectivity index (χ4v) is 0.354. The Hall–Kier alpha value is -0.760. The van der Waals surface area contributed by atoms with Gasteiger partial charge in [0.2, 0.25) is 0 Å². The number of alkyl halides is 1. The van der Waals surface area contributed by atoms with E-state index in [0.717, 1.165) is 0 Å². The number of hydrogen-bond acceptors (Lipinski definition) is 1. The molecule has 0 aliphatic carbocycles. The maximum absolute atomic E-state index is 10.1. The number of rotatable bonds is 3. The zero-order chi connectivity index (χ0) is 7.44. The van der Waals surface area contributed by atoms with Crippen molar-refractivity contribution in [2.24, 2.45) is 0 Å². The summed E-state index contributed by atoms with van der Waals surface area (Å²) in [5.74, 6) is -1.09. The molecule has 2 nitrogen and oxygen atoms in total. The third kappa shape index (κ3) is 2.33. The van der Waals surface area contributed by atoms with Crippen LogP contribution in [0.5, 0.6) is 0 Å². The van der Waals surface area contributed by atoms with Gasteiger partial charge in [-0.25, -0.2) is 4.79 Å². The van der Waals surface area contributed by atoms with Crippen molar-refractivity contribution < 1.29 is 9.90 Å². The van der Waals surface area contributed by atoms with E-state index >= 15 is 0 Å². The van der Waals surface area contributed by atoms with Gasteiger partial charge >= 0.3 is 5.97 Å². The second-order valence-electron chi connectivity index (χ2n) is 1.47. The third-order valence-electron chi connectivity index (χ3n) is 0.815. The fraction of sp³-hybridized carbons (Fsp3) is 0.167. The van der Waals surface area contributed by atoms with Crippen LogP contribution in [0.25, 0.3) is 0 Å². The Bertz CT molecular complexity index is 151. The lowest BCUT2D eigenvalue weighted by Crippen LogP contribution is -2.08. The Morgan fingerprint density at radius 1 is 1.78 bits per heavy atom. The van der Waals surface area contributed by atoms with Crippen molar-refractivity contribution in [3.05, 3.63) is 24.8 Å². The van der Waals surface area contributed by atoms with E-state index in [1.807, 2.05) is 0 Å². The Morgan fingerprint density at radius 2 is 2.22 bits per heavy atom. The molecule has 0 rings (SSSR count). The zero-order valence-electron chi connectivity index (χ0n) is 4.80. The highest BCUT2D eigenvalue weighted by atomic mass is 35.5. The summed E-state index contributed by atoms with van der Waals surface area (Å²) in [6.45, 7) is 6.53. The molecular weight excluding hydrogens is 140 g/mol. The Morgan fingerprint density at radius 3 is 2.33 bits per heavy atom. The van der Waals surface area contributed by atoms with Gasteiger partial charge in [-0.2, -0.15) is 0 Å². The molecule has 3 heteroatoms. The average molecular weight is 147 g/mol. The Labute approximate surface area is 58.4 Å². The van der Waals surface area contributed by atoms with Gasteiger partial charge in [0.15, 0.2) is 0 Å². The first-order valence-corrected chi connectivity index (χ1v) is 2.72. The summed E-state index contributed by atoms with van der Waals surface area (Å²) >= 11 is 5.41. The van der Waals surface area contributed by atoms with Gasteiger partial charge in [0.05, 0.1) is 11.0 Å². The molecule has 0 aliphatic heterocycles. The second-order valence-corrected chi connectivity index (χ2v) is 1.94. The van der Waals surface area contributed by atoms with Gasteiger partial charge in [-0.1, -0.05) is 12.7 Å². The SMILES string of the molecule is C=CC(Cl)C(=C)C(=O)O. The van der Waals surface area contributed by atoms with Crippen molar-refractivity contribution in [1.82, 2.24) is 0 Å². The van der Waals surface area contributed by atoms with Gasteiger partial charge in [-0.15, -0.1) is 18.2 Å². The van der Waals surface area contributed by atoms with Crippen LogP contribution in [0.15, 0.2) is 24.8 Å². The summed E-state index contributed by atoms with van der Waals surface area (Å²) in [7, 11) is 0. The Kier molecular flexibility index (Phi) is 3.02. The lowest BCUT2D eigenvalue weighted by atomic mass is 10.2. The van der Waals surface area contributed by atoms with Crippen molar-refractivity contribution >= 4 is 17.6 Å². The number of carboxylic acids is 1. The minimum atomic E-state index is -1.09. The average Bonchev–Trinajstić information content (AvgIpc) is 1.84. The van der Waals surface area contributed by atoms with E-state index in [4.69, 9.17) is 16.7 Å². The second kappa shape index (κ2) is 3.30. The van der Waals surface area contributed by atoms with Crippen molar-refractivity contribution in [2.75, 3.05) is 0 Å². The lowest BCUT2D eigenvalue weighted by Gasteiger charge is -1.99. The van der Waals surface area contributed by atoms with Gasteiger partial charge in [-0.3, -0.25) is 0 Å². The molecule has 1 N–H and O–H groups in total. The highest BCUT2D eigenvalue weighted by molar-refractivity contribution is 6.26. The molecule has 0 heterocycles. The van der Waals surface area contributed by atoms with E-state index in [1.165, 1.54) is 6.08 Å². The maximum atomic E-state index is 10.1. The molecule has 0 aromatic carbocycles. The van der Waals surface area contributed by atoms with E-state index in [0.29, 0.717) is 0 Å². The Balaban J connectivity index is 4.03. The summed E-state index contributed by atoms with van der Waals surface area (Å²) in [5.41, 5.74) is -0.0494. The highest BCUT2D eigenvalue weighted by Crippen LogP contribution is 2.07. The molecule has 0 saturated heterocycles. The molecule has 1 unspecified atom stereocenters. The molecular formula is C6H7ClO2. The van der Waals surface area contributed by atoms with Gasteiger partial charge in [-0.05, 0) is 0 Å². The number of carbonyl (C=O) groups is 1. The minimum absolute atomic E-state index is 0.0494. The van der Waals surface area contributed by atoms with Crippen LogP contribution in [-0.2, 0) is 4.79 Å². The van der Waals surface area contributed by atoms with E-state index in [-0.39, 0.29) is 5.57 Å². The summed E-state index contributed by atoms with van der Waals surface area (Å²) in [5, 5.41) is 7.59. The molecule has 1 atom stereocenters. The quantitative estimate of drug-likeness (QED) is 0.372. The van der Waals surface area contributed by atoms with Crippen LogP contribution < -0.4 is 0 Å². The smallest absolute Gasteiger partial charge is 0.332 e. The predicted octanol–water partition coefficient (Wildman–Crippen LogP) is 1.42. The summed E-state index contributed by atoms with van der Waals surface area (Å²) in [6, 6.07) is 0. The molecule has 0 bridgehead atoms. The minimum Gasteiger partial charge on any atom is -0.478 e. The van der Waals surface area contributed by atoms with E-state index in [9.17, 15) is 4.79 Å². The topological polar surface area (TPSA) is 37.3 Å². The van der Waals surface area contributed by atoms with E-state index in [2.05, 4.69) is 13.2 Å². The summed E-state index contributed by atoms with van der Waals surface area (Å²) in [6.07, 6.45) is 1.32. The molecule has 0 aromatic rings. The van der Waals surface area contributed by atoms with Crippen LogP contribution in [0.1, 0.15) is 0 Å². The van der Waals surface area contributed by atoms with Gasteiger partial charge in [0, 0.05) is 0 Å². The maximum Gasteiger partial charge on any atom is 0.332 e. The molecule has 0 aromatic heterocycles. The number of allylic oxidation sites excluding steroid dienone is 1. The largest absolute Gasteiger partial charge is 0.478 e. The van der Waals surface area contributed by atoms with Crippen molar-refractivity contribution in [2.45, 2.75) is 5.38 Å². The molecule has 0 radical (unpaired) electrons. The summed E-state index contributed by atoms with van der Waals surface area (Å²) in [4.78, 5) is 10.1. The number of carboxylic acid groups (broad SMARTS) is 1. The molecule has 9 heavy (non-hydrogen) atoms. The number of aliphatic carboxylic acids is 1. The van der Waals surface area contributed by atoms with Crippen LogP contribution in [0.2, 0.25) is 0 Å². The van der Waals surface area contributed by atoms with Crippen LogP contribution >= 0.6 is 11.6 Å². The van der Waals surface area contributed by atoms with Crippen molar-refractivity contribution in [3.8, 4) is 0 Å². The van der Waals surface area contributed by atoms with Crippen molar-refractivity contribution in [3.63, 3.8) is 0 Å². The van der Waals surface area contributed by atoms with Gasteiger partial charge in [0.25, 0.3) is 0 Å². The van der Waals surface area contributed by atoms with Crippen LogP contribution in [0, 0.1) is 0 Å². The molecule has 0 amide bonds. The molecule has 0 saturated carbocycles. The first kappa shape index (κ1) is 8.24. The third-order valence-corrected chi connectivity index (χ3v) is 1.26. The highest BCUT2D eigenvalue weighted by Gasteiger charge is 2.10. The zero-order valence-corrected chi connectivity index (χ0v) is 5.56. The van der Waals surface area contributed by atoms with Gasteiger partial charge < -0.3 is 5.11 Å². The van der Waals surface area contributed by atoms with Crippen LogP contribution in [-0.4, -0.2) is 16.5 Å². The van der Waals surface area contributed by atoms with Gasteiger partial charge in [0.1, 0.15) is 0 Å².